The molecule has 1 aromatic rings. The summed E-state index contributed by atoms with van der Waals surface area (Å²) in [5.41, 5.74) is 0.235. The number of thiophene rings is 1. The van der Waals surface area contributed by atoms with E-state index in [0.717, 1.165) is 5.56 Å². The molecule has 0 aliphatic carbocycles. The molecular formula is C12H17NO4S. The van der Waals surface area contributed by atoms with Gasteiger partial charge in [-0.3, -0.25) is 0 Å². The molecule has 100 valence electrons. The number of alkyl carbamates (subject to hydrolysis) is 1. The van der Waals surface area contributed by atoms with Crippen LogP contribution in [0, 0.1) is 0 Å². The summed E-state index contributed by atoms with van der Waals surface area (Å²) in [4.78, 5) is 22.6. The molecule has 1 aromatic heterocycles. The van der Waals surface area contributed by atoms with E-state index in [9.17, 15) is 9.59 Å². The minimum atomic E-state index is -1.08. The molecule has 0 aromatic carbocycles. The lowest BCUT2D eigenvalue weighted by Gasteiger charge is -2.21. The standard InChI is InChI=1S/C12H17NO4S/c1-12(2,3)17-11(16)13-9(10(14)15)6-8-4-5-18-7-8/h4-5,7,9H,6H2,1-3H3,(H,13,16)(H,14,15). The van der Waals surface area contributed by atoms with Gasteiger partial charge in [0.1, 0.15) is 11.6 Å². The number of amides is 1. The Morgan fingerprint density at radius 1 is 1.50 bits per heavy atom. The van der Waals surface area contributed by atoms with Crippen molar-refractivity contribution < 1.29 is 19.4 Å². The van der Waals surface area contributed by atoms with Crippen LogP contribution in [0.25, 0.3) is 0 Å². The zero-order valence-corrected chi connectivity index (χ0v) is 11.4. The Hall–Kier alpha value is -1.56. The number of carboxylic acid groups (broad SMARTS) is 1. The van der Waals surface area contributed by atoms with Crippen molar-refractivity contribution in [2.24, 2.45) is 0 Å². The monoisotopic (exact) mass is 271 g/mol. The van der Waals surface area contributed by atoms with E-state index in [1.807, 2.05) is 16.8 Å². The number of nitrogens with one attached hydrogen (secondary N) is 1. The third kappa shape index (κ3) is 5.18. The Labute approximate surface area is 110 Å². The molecule has 6 heteroatoms. The van der Waals surface area contributed by atoms with Crippen molar-refractivity contribution in [3.05, 3.63) is 22.4 Å². The summed E-state index contributed by atoms with van der Waals surface area (Å²) < 4.78 is 5.03. The van der Waals surface area contributed by atoms with Crippen LogP contribution < -0.4 is 5.32 Å². The van der Waals surface area contributed by atoms with Crippen molar-refractivity contribution in [1.29, 1.82) is 0 Å². The second kappa shape index (κ2) is 5.86. The van der Waals surface area contributed by atoms with E-state index >= 15 is 0 Å². The van der Waals surface area contributed by atoms with Crippen LogP contribution in [0.5, 0.6) is 0 Å². The van der Waals surface area contributed by atoms with Gasteiger partial charge in [0.05, 0.1) is 0 Å². The fourth-order valence-electron chi connectivity index (χ4n) is 1.29. The van der Waals surface area contributed by atoms with Gasteiger partial charge in [-0.05, 0) is 43.2 Å². The predicted octanol–water partition coefficient (Wildman–Crippen LogP) is 2.27. The molecule has 1 amide bonds. The molecule has 1 unspecified atom stereocenters. The van der Waals surface area contributed by atoms with Gasteiger partial charge in [0.2, 0.25) is 0 Å². The topological polar surface area (TPSA) is 75.6 Å². The zero-order valence-electron chi connectivity index (χ0n) is 10.6. The van der Waals surface area contributed by atoms with Gasteiger partial charge in [0.15, 0.2) is 0 Å². The number of rotatable bonds is 4. The molecule has 5 nitrogen and oxygen atoms in total. The molecule has 1 atom stereocenters. The quantitative estimate of drug-likeness (QED) is 0.880. The van der Waals surface area contributed by atoms with Crippen LogP contribution in [0.15, 0.2) is 16.8 Å². The van der Waals surface area contributed by atoms with Crippen LogP contribution in [-0.2, 0) is 16.0 Å². The van der Waals surface area contributed by atoms with Crippen LogP contribution in [0.1, 0.15) is 26.3 Å². The highest BCUT2D eigenvalue weighted by molar-refractivity contribution is 7.07. The minimum absolute atomic E-state index is 0.248. The maximum atomic E-state index is 11.5. The zero-order chi connectivity index (χ0) is 13.8. The van der Waals surface area contributed by atoms with Crippen molar-refractivity contribution in [3.8, 4) is 0 Å². The van der Waals surface area contributed by atoms with Gasteiger partial charge in [-0.1, -0.05) is 0 Å². The molecule has 0 bridgehead atoms. The highest BCUT2D eigenvalue weighted by Crippen LogP contribution is 2.10. The normalized spacial score (nSPS) is 12.8. The van der Waals surface area contributed by atoms with Crippen LogP contribution in [-0.4, -0.2) is 28.8 Å². The Bertz CT molecular complexity index is 408. The third-order valence-corrected chi connectivity index (χ3v) is 2.74. The average molecular weight is 271 g/mol. The Balaban J connectivity index is 2.58. The van der Waals surface area contributed by atoms with Crippen molar-refractivity contribution in [2.45, 2.75) is 38.8 Å². The smallest absolute Gasteiger partial charge is 0.408 e. The van der Waals surface area contributed by atoms with E-state index < -0.39 is 23.7 Å². The summed E-state index contributed by atoms with van der Waals surface area (Å²) in [6.45, 7) is 5.17. The first-order valence-corrected chi connectivity index (χ1v) is 6.45. The molecule has 18 heavy (non-hydrogen) atoms. The molecule has 2 N–H and O–H groups in total. The Kier molecular flexibility index (Phi) is 4.72. The van der Waals surface area contributed by atoms with Crippen LogP contribution in [0.4, 0.5) is 4.79 Å². The highest BCUT2D eigenvalue weighted by atomic mass is 32.1. The number of ether oxygens (including phenoxy) is 1. The molecule has 1 heterocycles. The largest absolute Gasteiger partial charge is 0.480 e. The average Bonchev–Trinajstić information content (AvgIpc) is 2.66. The molecule has 0 aliphatic heterocycles. The van der Waals surface area contributed by atoms with E-state index in [2.05, 4.69) is 5.32 Å². The third-order valence-electron chi connectivity index (χ3n) is 2.01. The predicted molar refractivity (Wildman–Crippen MR) is 68.8 cm³/mol. The van der Waals surface area contributed by atoms with Crippen LogP contribution in [0.2, 0.25) is 0 Å². The van der Waals surface area contributed by atoms with E-state index in [0.29, 0.717) is 0 Å². The van der Waals surface area contributed by atoms with E-state index in [1.165, 1.54) is 11.3 Å². The van der Waals surface area contributed by atoms with Gasteiger partial charge in [0, 0.05) is 6.42 Å². The number of hydrogen-bond donors (Lipinski definition) is 2. The van der Waals surface area contributed by atoms with E-state index in [1.54, 1.807) is 20.8 Å². The fourth-order valence-corrected chi connectivity index (χ4v) is 1.98. The molecule has 1 rings (SSSR count). The van der Waals surface area contributed by atoms with Gasteiger partial charge in [-0.2, -0.15) is 11.3 Å². The van der Waals surface area contributed by atoms with Crippen molar-refractivity contribution in [3.63, 3.8) is 0 Å². The molecular weight excluding hydrogens is 254 g/mol. The Morgan fingerprint density at radius 3 is 2.61 bits per heavy atom. The fraction of sp³-hybridized carbons (Fsp3) is 0.500. The van der Waals surface area contributed by atoms with Crippen LogP contribution in [0.3, 0.4) is 0 Å². The SMILES string of the molecule is CC(C)(C)OC(=O)NC(Cc1ccsc1)C(=O)O. The second-order valence-corrected chi connectivity index (χ2v) is 5.65. The van der Waals surface area contributed by atoms with Gasteiger partial charge < -0.3 is 15.2 Å². The second-order valence-electron chi connectivity index (χ2n) is 4.87. The van der Waals surface area contributed by atoms with Gasteiger partial charge >= 0.3 is 12.1 Å². The summed E-state index contributed by atoms with van der Waals surface area (Å²) >= 11 is 1.49. The minimum Gasteiger partial charge on any atom is -0.480 e. The lowest BCUT2D eigenvalue weighted by molar-refractivity contribution is -0.139. The van der Waals surface area contributed by atoms with Crippen LogP contribution >= 0.6 is 11.3 Å². The number of carboxylic acids is 1. The van der Waals surface area contributed by atoms with Gasteiger partial charge in [-0.15, -0.1) is 0 Å². The maximum absolute atomic E-state index is 11.5. The highest BCUT2D eigenvalue weighted by Gasteiger charge is 2.24. The lowest BCUT2D eigenvalue weighted by Crippen LogP contribution is -2.44. The Morgan fingerprint density at radius 2 is 2.17 bits per heavy atom. The molecule has 0 radical (unpaired) electrons. The molecule has 0 saturated carbocycles. The number of hydrogen-bond acceptors (Lipinski definition) is 4. The summed E-state index contributed by atoms with van der Waals surface area (Å²) in [7, 11) is 0. The molecule has 0 saturated heterocycles. The van der Waals surface area contributed by atoms with Gasteiger partial charge in [0.25, 0.3) is 0 Å². The molecule has 0 aliphatic rings. The van der Waals surface area contributed by atoms with Crippen molar-refractivity contribution in [1.82, 2.24) is 5.32 Å². The number of carbonyl (C=O) groups excluding carboxylic acids is 1. The first-order chi connectivity index (χ1) is 8.28. The summed E-state index contributed by atoms with van der Waals surface area (Å²) in [5.74, 6) is -1.08. The first kappa shape index (κ1) is 14.5. The lowest BCUT2D eigenvalue weighted by atomic mass is 10.1. The summed E-state index contributed by atoms with van der Waals surface area (Å²) in [6.07, 6.45) is -0.469. The van der Waals surface area contributed by atoms with E-state index in [-0.39, 0.29) is 6.42 Å². The number of carbonyl (C=O) groups is 2. The first-order valence-electron chi connectivity index (χ1n) is 5.51. The summed E-state index contributed by atoms with van der Waals surface area (Å²) in [6, 6.07) is 0.853. The van der Waals surface area contributed by atoms with Gasteiger partial charge in [-0.25, -0.2) is 9.59 Å². The molecule has 0 fully saturated rings. The maximum Gasteiger partial charge on any atom is 0.408 e. The van der Waals surface area contributed by atoms with Crippen molar-refractivity contribution in [2.75, 3.05) is 0 Å². The summed E-state index contributed by atoms with van der Waals surface area (Å²) in [5, 5.41) is 15.1. The number of aliphatic carboxylic acids is 1. The molecule has 0 spiro atoms. The van der Waals surface area contributed by atoms with Crippen molar-refractivity contribution >= 4 is 23.4 Å². The van der Waals surface area contributed by atoms with E-state index in [4.69, 9.17) is 9.84 Å².